The van der Waals surface area contributed by atoms with Gasteiger partial charge in [-0.3, -0.25) is 5.43 Å². The molecule has 8 heteroatoms. The van der Waals surface area contributed by atoms with Gasteiger partial charge in [-0.1, -0.05) is 28.1 Å². The van der Waals surface area contributed by atoms with Crippen LogP contribution in [0.1, 0.15) is 5.56 Å². The van der Waals surface area contributed by atoms with Crippen molar-refractivity contribution in [2.24, 2.45) is 5.10 Å². The number of rotatable bonds is 6. The number of ether oxygens (including phenoxy) is 2. The molecule has 1 heterocycles. The van der Waals surface area contributed by atoms with E-state index in [1.807, 2.05) is 47.8 Å². The van der Waals surface area contributed by atoms with Crippen LogP contribution < -0.4 is 14.9 Å². The number of hydrogen-bond acceptors (Lipinski definition) is 6. The van der Waals surface area contributed by atoms with Gasteiger partial charge in [-0.05, 0) is 35.9 Å². The molecule has 2 aromatic carbocycles. The molecule has 3 rings (SSSR count). The van der Waals surface area contributed by atoms with Crippen LogP contribution in [0.3, 0.4) is 0 Å². The third kappa shape index (κ3) is 5.06. The quantitative estimate of drug-likeness (QED) is 0.354. The van der Waals surface area contributed by atoms with Crippen LogP contribution >= 0.6 is 44.2 Å². The Balaban J connectivity index is 0.00000243. The highest BCUT2D eigenvalue weighted by molar-refractivity contribution is 9.10. The predicted molar refractivity (Wildman–Crippen MR) is 116 cm³/mol. The third-order valence-electron chi connectivity index (χ3n) is 3.43. The van der Waals surface area contributed by atoms with Crippen LogP contribution in [0.5, 0.6) is 11.5 Å². The zero-order valence-electron chi connectivity index (χ0n) is 14.1. The van der Waals surface area contributed by atoms with Gasteiger partial charge in [-0.25, -0.2) is 4.98 Å². The standard InChI is InChI=1S/C18H16BrN3O2S.BrH/c1-23-16-8-5-13(9-17(16)24-2)15-11-25-18(21-15)22-20-10-12-3-6-14(19)7-4-12;/h3-11H,1-2H3,(H,21,22);1H. The second kappa shape index (κ2) is 9.70. The van der Waals surface area contributed by atoms with E-state index in [-0.39, 0.29) is 17.0 Å². The van der Waals surface area contributed by atoms with E-state index in [1.165, 1.54) is 11.3 Å². The van der Waals surface area contributed by atoms with Crippen molar-refractivity contribution in [1.82, 2.24) is 4.98 Å². The maximum Gasteiger partial charge on any atom is 0.203 e. The second-order valence-electron chi connectivity index (χ2n) is 5.03. The number of methoxy groups -OCH3 is 2. The van der Waals surface area contributed by atoms with E-state index in [1.54, 1.807) is 20.4 Å². The lowest BCUT2D eigenvalue weighted by molar-refractivity contribution is 0.355. The van der Waals surface area contributed by atoms with Gasteiger partial charge in [0, 0.05) is 15.4 Å². The molecule has 0 aliphatic heterocycles. The fourth-order valence-corrected chi connectivity index (χ4v) is 3.10. The summed E-state index contributed by atoms with van der Waals surface area (Å²) in [5, 5.41) is 6.91. The summed E-state index contributed by atoms with van der Waals surface area (Å²) < 4.78 is 11.6. The summed E-state index contributed by atoms with van der Waals surface area (Å²) in [6.07, 6.45) is 1.75. The Morgan fingerprint density at radius 1 is 1.08 bits per heavy atom. The van der Waals surface area contributed by atoms with Gasteiger partial charge in [0.15, 0.2) is 11.5 Å². The Morgan fingerprint density at radius 2 is 1.81 bits per heavy atom. The molecule has 5 nitrogen and oxygen atoms in total. The molecule has 0 spiro atoms. The molecular weight excluding hydrogens is 482 g/mol. The van der Waals surface area contributed by atoms with E-state index in [0.29, 0.717) is 11.5 Å². The van der Waals surface area contributed by atoms with E-state index < -0.39 is 0 Å². The fourth-order valence-electron chi connectivity index (χ4n) is 2.16. The summed E-state index contributed by atoms with van der Waals surface area (Å²) in [6.45, 7) is 0. The highest BCUT2D eigenvalue weighted by Gasteiger charge is 2.09. The lowest BCUT2D eigenvalue weighted by Crippen LogP contribution is -1.92. The summed E-state index contributed by atoms with van der Waals surface area (Å²) in [5.74, 6) is 1.37. The summed E-state index contributed by atoms with van der Waals surface area (Å²) >= 11 is 4.90. The van der Waals surface area contributed by atoms with Crippen LogP contribution in [0.2, 0.25) is 0 Å². The molecular formula is C18H17Br2N3O2S. The third-order valence-corrected chi connectivity index (χ3v) is 4.70. The average molecular weight is 499 g/mol. The van der Waals surface area contributed by atoms with Crippen molar-refractivity contribution in [3.63, 3.8) is 0 Å². The Labute approximate surface area is 175 Å². The van der Waals surface area contributed by atoms with Gasteiger partial charge in [-0.15, -0.1) is 28.3 Å². The molecule has 0 fully saturated rings. The normalized spacial score (nSPS) is 10.4. The van der Waals surface area contributed by atoms with Gasteiger partial charge < -0.3 is 9.47 Å². The first-order valence-electron chi connectivity index (χ1n) is 7.42. The van der Waals surface area contributed by atoms with Crippen molar-refractivity contribution < 1.29 is 9.47 Å². The number of thiazole rings is 1. The van der Waals surface area contributed by atoms with Crippen molar-refractivity contribution in [1.29, 1.82) is 0 Å². The van der Waals surface area contributed by atoms with E-state index in [4.69, 9.17) is 9.47 Å². The molecule has 1 N–H and O–H groups in total. The van der Waals surface area contributed by atoms with Crippen LogP contribution in [-0.4, -0.2) is 25.4 Å². The number of anilines is 1. The number of nitrogens with one attached hydrogen (secondary N) is 1. The van der Waals surface area contributed by atoms with E-state index in [0.717, 1.165) is 26.4 Å². The molecule has 26 heavy (non-hydrogen) atoms. The maximum atomic E-state index is 5.34. The van der Waals surface area contributed by atoms with Crippen molar-refractivity contribution in [2.45, 2.75) is 0 Å². The van der Waals surface area contributed by atoms with Crippen LogP contribution in [0.25, 0.3) is 11.3 Å². The first-order valence-corrected chi connectivity index (χ1v) is 9.09. The van der Waals surface area contributed by atoms with E-state index >= 15 is 0 Å². The second-order valence-corrected chi connectivity index (χ2v) is 6.80. The first-order chi connectivity index (χ1) is 12.2. The molecule has 0 bridgehead atoms. The molecule has 0 saturated heterocycles. The van der Waals surface area contributed by atoms with Gasteiger partial charge in [0.1, 0.15) is 0 Å². The van der Waals surface area contributed by atoms with Crippen molar-refractivity contribution in [3.8, 4) is 22.8 Å². The van der Waals surface area contributed by atoms with Crippen LogP contribution in [-0.2, 0) is 0 Å². The van der Waals surface area contributed by atoms with Gasteiger partial charge >= 0.3 is 0 Å². The largest absolute Gasteiger partial charge is 0.493 e. The molecule has 0 aliphatic rings. The minimum atomic E-state index is 0. The minimum Gasteiger partial charge on any atom is -0.493 e. The summed E-state index contributed by atoms with van der Waals surface area (Å²) in [5.41, 5.74) is 5.78. The SMILES string of the molecule is Br.COc1ccc(-c2csc(NN=Cc3ccc(Br)cc3)n2)cc1OC. The molecule has 0 radical (unpaired) electrons. The van der Waals surface area contributed by atoms with Gasteiger partial charge in [-0.2, -0.15) is 5.10 Å². The van der Waals surface area contributed by atoms with Gasteiger partial charge in [0.25, 0.3) is 0 Å². The lowest BCUT2D eigenvalue weighted by Gasteiger charge is -2.08. The number of hydrazone groups is 1. The smallest absolute Gasteiger partial charge is 0.203 e. The molecule has 136 valence electrons. The zero-order chi connectivity index (χ0) is 17.6. The molecule has 0 atom stereocenters. The van der Waals surface area contributed by atoms with Gasteiger partial charge in [0.05, 0.1) is 26.1 Å². The number of nitrogens with zero attached hydrogens (tertiary/aromatic N) is 2. The lowest BCUT2D eigenvalue weighted by atomic mass is 10.1. The molecule has 0 saturated carbocycles. The van der Waals surface area contributed by atoms with Crippen LogP contribution in [0.15, 0.2) is 57.4 Å². The molecule has 0 amide bonds. The Hall–Kier alpha value is -1.90. The number of benzene rings is 2. The highest BCUT2D eigenvalue weighted by atomic mass is 79.9. The summed E-state index contributed by atoms with van der Waals surface area (Å²) in [7, 11) is 3.23. The minimum absolute atomic E-state index is 0. The first kappa shape index (κ1) is 20.4. The van der Waals surface area contributed by atoms with Crippen molar-refractivity contribution in [3.05, 3.63) is 57.9 Å². The number of aromatic nitrogens is 1. The number of halogens is 2. The van der Waals surface area contributed by atoms with Crippen molar-refractivity contribution >= 4 is 55.6 Å². The van der Waals surface area contributed by atoms with Crippen LogP contribution in [0.4, 0.5) is 5.13 Å². The fraction of sp³-hybridized carbons (Fsp3) is 0.111. The highest BCUT2D eigenvalue weighted by Crippen LogP contribution is 2.33. The zero-order valence-corrected chi connectivity index (χ0v) is 18.2. The maximum absolute atomic E-state index is 5.34. The molecule has 1 aromatic heterocycles. The summed E-state index contributed by atoms with van der Waals surface area (Å²) in [4.78, 5) is 4.55. The van der Waals surface area contributed by atoms with Crippen LogP contribution in [0, 0.1) is 0 Å². The molecule has 0 aliphatic carbocycles. The van der Waals surface area contributed by atoms with E-state index in [9.17, 15) is 0 Å². The van der Waals surface area contributed by atoms with E-state index in [2.05, 4.69) is 31.4 Å². The molecule has 0 unspecified atom stereocenters. The molecule has 3 aromatic rings. The van der Waals surface area contributed by atoms with Gasteiger partial charge in [0.2, 0.25) is 5.13 Å². The Morgan fingerprint density at radius 3 is 2.50 bits per heavy atom. The Bertz CT molecular complexity index is 882. The number of hydrogen-bond donors (Lipinski definition) is 1. The topological polar surface area (TPSA) is 55.7 Å². The monoisotopic (exact) mass is 497 g/mol. The average Bonchev–Trinajstić information content (AvgIpc) is 3.11. The predicted octanol–water partition coefficient (Wildman–Crippen LogP) is 5.61. The summed E-state index contributed by atoms with van der Waals surface area (Å²) in [6, 6.07) is 13.6. The van der Waals surface area contributed by atoms with Crippen molar-refractivity contribution in [2.75, 3.05) is 19.6 Å². The Kier molecular flexibility index (Phi) is 7.62.